The molecular weight excluding hydrogens is 346 g/mol. The van der Waals surface area contributed by atoms with Crippen molar-refractivity contribution in [3.8, 4) is 5.75 Å². The summed E-state index contributed by atoms with van der Waals surface area (Å²) in [6.07, 6.45) is 0.0495. The highest BCUT2D eigenvalue weighted by atomic mass is 16.5. The fourth-order valence-corrected chi connectivity index (χ4v) is 3.28. The van der Waals surface area contributed by atoms with Gasteiger partial charge in [-0.25, -0.2) is 0 Å². The molecule has 0 heterocycles. The summed E-state index contributed by atoms with van der Waals surface area (Å²) in [7, 11) is 0. The van der Waals surface area contributed by atoms with Crippen molar-refractivity contribution < 1.29 is 9.53 Å². The average molecular weight is 373 g/mol. The molecule has 3 nitrogen and oxygen atoms in total. The van der Waals surface area contributed by atoms with Gasteiger partial charge in [-0.05, 0) is 49.1 Å². The Morgan fingerprint density at radius 2 is 1.57 bits per heavy atom. The Balaban J connectivity index is 1.88. The Bertz CT molecular complexity index is 906. The highest BCUT2D eigenvalue weighted by Crippen LogP contribution is 2.26. The van der Waals surface area contributed by atoms with Gasteiger partial charge < -0.3 is 10.1 Å². The lowest BCUT2D eigenvalue weighted by Gasteiger charge is -2.25. The maximum absolute atomic E-state index is 13.1. The van der Waals surface area contributed by atoms with Crippen LogP contribution in [0.1, 0.15) is 41.6 Å². The predicted molar refractivity (Wildman–Crippen MR) is 113 cm³/mol. The van der Waals surface area contributed by atoms with Crippen LogP contribution < -0.4 is 10.1 Å². The molecule has 0 spiro atoms. The van der Waals surface area contributed by atoms with Crippen LogP contribution in [0, 0.1) is 13.8 Å². The average Bonchev–Trinajstić information content (AvgIpc) is 2.73. The van der Waals surface area contributed by atoms with Gasteiger partial charge in [0.1, 0.15) is 5.75 Å². The first-order valence-electron chi connectivity index (χ1n) is 9.72. The quantitative estimate of drug-likeness (QED) is 0.605. The number of para-hydroxylation sites is 1. The summed E-state index contributed by atoms with van der Waals surface area (Å²) in [4.78, 5) is 13.1. The molecule has 3 heteroatoms. The van der Waals surface area contributed by atoms with E-state index in [1.807, 2.05) is 67.6 Å². The van der Waals surface area contributed by atoms with Crippen molar-refractivity contribution in [2.24, 2.45) is 0 Å². The molecule has 0 aliphatic rings. The molecule has 28 heavy (non-hydrogen) atoms. The van der Waals surface area contributed by atoms with Crippen LogP contribution in [0.25, 0.3) is 0 Å². The third-order valence-electron chi connectivity index (χ3n) is 4.85. The lowest BCUT2D eigenvalue weighted by Crippen LogP contribution is -2.40. The van der Waals surface area contributed by atoms with Crippen LogP contribution in [0.2, 0.25) is 0 Å². The molecule has 0 saturated carbocycles. The number of rotatable bonds is 7. The van der Waals surface area contributed by atoms with E-state index in [1.165, 1.54) is 5.56 Å². The van der Waals surface area contributed by atoms with E-state index in [-0.39, 0.29) is 11.9 Å². The van der Waals surface area contributed by atoms with Crippen LogP contribution in [0.15, 0.2) is 78.9 Å². The molecule has 1 N–H and O–H groups in total. The molecular formula is C25H27NO2. The first-order valence-corrected chi connectivity index (χ1v) is 9.72. The highest BCUT2D eigenvalue weighted by molar-refractivity contribution is 5.82. The second-order valence-electron chi connectivity index (χ2n) is 7.04. The fraction of sp³-hybridized carbons (Fsp3) is 0.240. The number of ether oxygens (including phenoxy) is 1. The largest absolute Gasteiger partial charge is 0.481 e. The van der Waals surface area contributed by atoms with Crippen LogP contribution in [0.5, 0.6) is 5.75 Å². The van der Waals surface area contributed by atoms with E-state index in [4.69, 9.17) is 4.74 Å². The number of hydrogen-bond acceptors (Lipinski definition) is 2. The minimum absolute atomic E-state index is 0.110. The first kappa shape index (κ1) is 19.7. The third kappa shape index (κ3) is 4.80. The van der Waals surface area contributed by atoms with Gasteiger partial charge in [0.15, 0.2) is 6.10 Å². The highest BCUT2D eigenvalue weighted by Gasteiger charge is 2.24. The molecule has 0 aliphatic carbocycles. The van der Waals surface area contributed by atoms with Crippen molar-refractivity contribution in [3.05, 3.63) is 101 Å². The minimum Gasteiger partial charge on any atom is -0.481 e. The van der Waals surface area contributed by atoms with E-state index in [0.29, 0.717) is 12.2 Å². The standard InChI is InChI=1S/C25H27NO2/c1-4-23(28-21-13-9-6-10-14-21)25(27)26-24(20-11-7-5-8-12-20)22-17-18(2)15-16-19(22)3/h5-17,23-24H,4H2,1-3H3,(H,26,27)/t23-,24+/m1/s1. The third-order valence-corrected chi connectivity index (χ3v) is 4.85. The van der Waals surface area contributed by atoms with Gasteiger partial charge in [0.2, 0.25) is 0 Å². The molecule has 144 valence electrons. The molecule has 0 aromatic heterocycles. The van der Waals surface area contributed by atoms with E-state index in [1.54, 1.807) is 0 Å². The van der Waals surface area contributed by atoms with Crippen molar-refractivity contribution >= 4 is 5.91 Å². The summed E-state index contributed by atoms with van der Waals surface area (Å²) in [5, 5.41) is 3.22. The normalized spacial score (nSPS) is 12.8. The number of aryl methyl sites for hydroxylation is 2. The lowest BCUT2D eigenvalue weighted by atomic mass is 9.93. The summed E-state index contributed by atoms with van der Waals surface area (Å²) in [6.45, 7) is 6.11. The Hall–Kier alpha value is -3.07. The van der Waals surface area contributed by atoms with Gasteiger partial charge >= 0.3 is 0 Å². The molecule has 2 atom stereocenters. The van der Waals surface area contributed by atoms with Crippen LogP contribution in [-0.2, 0) is 4.79 Å². The molecule has 0 saturated heterocycles. The molecule has 3 rings (SSSR count). The Kier molecular flexibility index (Phi) is 6.49. The summed E-state index contributed by atoms with van der Waals surface area (Å²) in [5.41, 5.74) is 4.48. The van der Waals surface area contributed by atoms with Crippen molar-refractivity contribution in [2.45, 2.75) is 39.3 Å². The summed E-state index contributed by atoms with van der Waals surface area (Å²) in [6, 6.07) is 25.7. The monoisotopic (exact) mass is 373 g/mol. The Morgan fingerprint density at radius 1 is 0.929 bits per heavy atom. The molecule has 3 aromatic rings. The topological polar surface area (TPSA) is 38.3 Å². The van der Waals surface area contributed by atoms with Gasteiger partial charge in [-0.2, -0.15) is 0 Å². The fourth-order valence-electron chi connectivity index (χ4n) is 3.28. The maximum atomic E-state index is 13.1. The van der Waals surface area contributed by atoms with E-state index in [0.717, 1.165) is 16.7 Å². The summed E-state index contributed by atoms with van der Waals surface area (Å²) >= 11 is 0. The molecule has 1 amide bonds. The second-order valence-corrected chi connectivity index (χ2v) is 7.04. The van der Waals surface area contributed by atoms with Crippen LogP contribution in [0.3, 0.4) is 0 Å². The zero-order valence-corrected chi connectivity index (χ0v) is 16.7. The van der Waals surface area contributed by atoms with Gasteiger partial charge in [0.05, 0.1) is 6.04 Å². The van der Waals surface area contributed by atoms with E-state index < -0.39 is 6.10 Å². The lowest BCUT2D eigenvalue weighted by molar-refractivity contribution is -0.128. The maximum Gasteiger partial charge on any atom is 0.261 e. The smallest absolute Gasteiger partial charge is 0.261 e. The van der Waals surface area contributed by atoms with Crippen molar-refractivity contribution in [3.63, 3.8) is 0 Å². The van der Waals surface area contributed by atoms with Gasteiger partial charge in [0, 0.05) is 0 Å². The van der Waals surface area contributed by atoms with Crippen molar-refractivity contribution in [1.29, 1.82) is 0 Å². The van der Waals surface area contributed by atoms with Gasteiger partial charge in [-0.15, -0.1) is 0 Å². The first-order chi connectivity index (χ1) is 13.6. The molecule has 0 unspecified atom stereocenters. The number of benzene rings is 3. The van der Waals surface area contributed by atoms with Crippen molar-refractivity contribution in [2.75, 3.05) is 0 Å². The summed E-state index contributed by atoms with van der Waals surface area (Å²) < 4.78 is 5.94. The molecule has 3 aromatic carbocycles. The van der Waals surface area contributed by atoms with Gasteiger partial charge in [0.25, 0.3) is 5.91 Å². The van der Waals surface area contributed by atoms with Crippen LogP contribution in [-0.4, -0.2) is 12.0 Å². The molecule has 0 bridgehead atoms. The number of amides is 1. The SMILES string of the molecule is CC[C@@H](Oc1ccccc1)C(=O)N[C@@H](c1ccccc1)c1cc(C)ccc1C. The Labute approximate surface area is 167 Å². The second kappa shape index (κ2) is 9.23. The van der Waals surface area contributed by atoms with Crippen LogP contribution >= 0.6 is 0 Å². The zero-order chi connectivity index (χ0) is 19.9. The number of carbonyl (C=O) groups excluding carboxylic acids is 1. The van der Waals surface area contributed by atoms with E-state index >= 15 is 0 Å². The zero-order valence-electron chi connectivity index (χ0n) is 16.7. The number of carbonyl (C=O) groups is 1. The van der Waals surface area contributed by atoms with Crippen molar-refractivity contribution in [1.82, 2.24) is 5.32 Å². The predicted octanol–water partition coefficient (Wildman–Crippen LogP) is 5.37. The molecule has 0 fully saturated rings. The minimum atomic E-state index is -0.543. The van der Waals surface area contributed by atoms with E-state index in [9.17, 15) is 4.79 Å². The van der Waals surface area contributed by atoms with Crippen LogP contribution in [0.4, 0.5) is 0 Å². The molecule has 0 radical (unpaired) electrons. The summed E-state index contributed by atoms with van der Waals surface area (Å²) in [5.74, 6) is 0.591. The number of nitrogens with one attached hydrogen (secondary N) is 1. The number of hydrogen-bond donors (Lipinski definition) is 1. The van der Waals surface area contributed by atoms with E-state index in [2.05, 4.69) is 37.4 Å². The van der Waals surface area contributed by atoms with Gasteiger partial charge in [-0.1, -0.05) is 79.2 Å². The molecule has 0 aliphatic heterocycles. The Morgan fingerprint density at radius 3 is 2.21 bits per heavy atom. The van der Waals surface area contributed by atoms with Gasteiger partial charge in [-0.3, -0.25) is 4.79 Å².